The molecule has 0 bridgehead atoms. The van der Waals surface area contributed by atoms with E-state index in [1.807, 2.05) is 56.3 Å². The van der Waals surface area contributed by atoms with E-state index >= 15 is 0 Å². The van der Waals surface area contributed by atoms with Crippen LogP contribution in [0.2, 0.25) is 0 Å². The minimum atomic E-state index is -3.44. The third kappa shape index (κ3) is 4.29. The highest BCUT2D eigenvalue weighted by Crippen LogP contribution is 2.35. The van der Waals surface area contributed by atoms with E-state index in [4.69, 9.17) is 0 Å². The number of hydrogen-bond donors (Lipinski definition) is 1. The van der Waals surface area contributed by atoms with E-state index in [9.17, 15) is 8.42 Å². The van der Waals surface area contributed by atoms with Crippen molar-refractivity contribution in [2.45, 2.75) is 31.8 Å². The van der Waals surface area contributed by atoms with Crippen LogP contribution in [0.15, 0.2) is 30.3 Å². The molecule has 0 heterocycles. The fourth-order valence-corrected chi connectivity index (χ4v) is 3.84. The summed E-state index contributed by atoms with van der Waals surface area (Å²) in [5, 5.41) is 0. The summed E-state index contributed by atoms with van der Waals surface area (Å²) in [5.74, 6) is 0.514. The van der Waals surface area contributed by atoms with Gasteiger partial charge in [0.2, 0.25) is 0 Å². The van der Waals surface area contributed by atoms with Crippen molar-refractivity contribution in [1.29, 1.82) is 0 Å². The molecule has 1 aromatic carbocycles. The molecular weight excluding hydrogens is 298 g/mol. The van der Waals surface area contributed by atoms with E-state index in [0.29, 0.717) is 12.5 Å². The number of nitrogens with zero attached hydrogens (tertiary/aromatic N) is 2. The van der Waals surface area contributed by atoms with E-state index < -0.39 is 10.2 Å². The fraction of sp³-hybridized carbons (Fsp3) is 0.625. The maximum Gasteiger partial charge on any atom is 0.279 e. The summed E-state index contributed by atoms with van der Waals surface area (Å²) in [4.78, 5) is 2.03. The zero-order valence-electron chi connectivity index (χ0n) is 13.9. The van der Waals surface area contributed by atoms with Crippen LogP contribution in [0.4, 0.5) is 0 Å². The zero-order chi connectivity index (χ0) is 16.3. The van der Waals surface area contributed by atoms with Gasteiger partial charge in [-0.05, 0) is 45.3 Å². The SMILES string of the molecule is C[C@@H](C1CC1)N(C)S(=O)(=O)NC[C@H](c1ccccc1)N(C)C. The Morgan fingerprint density at radius 2 is 1.77 bits per heavy atom. The van der Waals surface area contributed by atoms with Gasteiger partial charge in [0.25, 0.3) is 10.2 Å². The molecule has 2 rings (SSSR count). The van der Waals surface area contributed by atoms with Gasteiger partial charge in [0, 0.05) is 25.7 Å². The highest BCUT2D eigenvalue weighted by Gasteiger charge is 2.35. The fourth-order valence-electron chi connectivity index (χ4n) is 2.65. The van der Waals surface area contributed by atoms with Gasteiger partial charge in [0.05, 0.1) is 0 Å². The first-order valence-electron chi connectivity index (χ1n) is 7.77. The Balaban J connectivity index is 2.02. The standard InChI is InChI=1S/C16H27N3O2S/c1-13(14-10-11-14)19(4)22(20,21)17-12-16(18(2)3)15-8-6-5-7-9-15/h5-9,13-14,16-17H,10-12H2,1-4H3/t13-,16+/m0/s1. The summed E-state index contributed by atoms with van der Waals surface area (Å²) >= 11 is 0. The van der Waals surface area contributed by atoms with Gasteiger partial charge in [-0.1, -0.05) is 30.3 Å². The summed E-state index contributed by atoms with van der Waals surface area (Å²) < 4.78 is 29.2. The lowest BCUT2D eigenvalue weighted by molar-refractivity contribution is 0.294. The Morgan fingerprint density at radius 3 is 2.27 bits per heavy atom. The van der Waals surface area contributed by atoms with Gasteiger partial charge in [0.15, 0.2) is 0 Å². The highest BCUT2D eigenvalue weighted by molar-refractivity contribution is 7.87. The second-order valence-corrected chi connectivity index (χ2v) is 8.15. The second kappa shape index (κ2) is 7.08. The lowest BCUT2D eigenvalue weighted by atomic mass is 10.1. The molecule has 2 atom stereocenters. The molecule has 0 aromatic heterocycles. The van der Waals surface area contributed by atoms with Crippen LogP contribution in [0.3, 0.4) is 0 Å². The van der Waals surface area contributed by atoms with Crippen molar-refractivity contribution >= 4 is 10.2 Å². The van der Waals surface area contributed by atoms with E-state index in [2.05, 4.69) is 4.72 Å². The van der Waals surface area contributed by atoms with Gasteiger partial charge in [-0.3, -0.25) is 0 Å². The third-order valence-electron chi connectivity index (χ3n) is 4.52. The minimum absolute atomic E-state index is 0.0145. The number of likely N-dealkylation sites (N-methyl/N-ethyl adjacent to an activating group) is 1. The van der Waals surface area contributed by atoms with Crippen LogP contribution in [-0.4, -0.2) is 51.4 Å². The maximum absolute atomic E-state index is 12.5. The topological polar surface area (TPSA) is 52.7 Å². The van der Waals surface area contributed by atoms with Gasteiger partial charge in [-0.2, -0.15) is 12.7 Å². The normalized spacial score (nSPS) is 18.6. The Kier molecular flexibility index (Phi) is 5.60. The van der Waals surface area contributed by atoms with Crippen LogP contribution in [0.25, 0.3) is 0 Å². The van der Waals surface area contributed by atoms with Gasteiger partial charge >= 0.3 is 0 Å². The van der Waals surface area contributed by atoms with Crippen molar-refractivity contribution in [2.24, 2.45) is 5.92 Å². The van der Waals surface area contributed by atoms with Crippen molar-refractivity contribution in [3.05, 3.63) is 35.9 Å². The van der Waals surface area contributed by atoms with Gasteiger partial charge < -0.3 is 4.90 Å². The van der Waals surface area contributed by atoms with E-state index in [1.165, 1.54) is 4.31 Å². The molecule has 1 aliphatic carbocycles. The molecule has 1 aromatic rings. The van der Waals surface area contributed by atoms with Crippen LogP contribution >= 0.6 is 0 Å². The quantitative estimate of drug-likeness (QED) is 0.794. The summed E-state index contributed by atoms with van der Waals surface area (Å²) in [6.07, 6.45) is 2.26. The van der Waals surface area contributed by atoms with Gasteiger partial charge in [0.1, 0.15) is 0 Å². The molecule has 0 unspecified atom stereocenters. The van der Waals surface area contributed by atoms with Crippen molar-refractivity contribution in [3.8, 4) is 0 Å². The van der Waals surface area contributed by atoms with Gasteiger partial charge in [-0.25, -0.2) is 4.72 Å². The van der Waals surface area contributed by atoms with Crippen LogP contribution in [0.5, 0.6) is 0 Å². The molecule has 0 amide bonds. The summed E-state index contributed by atoms with van der Waals surface area (Å²) in [6, 6.07) is 10.0. The highest BCUT2D eigenvalue weighted by atomic mass is 32.2. The number of hydrogen-bond acceptors (Lipinski definition) is 3. The first-order valence-corrected chi connectivity index (χ1v) is 9.21. The predicted octanol–water partition coefficient (Wildman–Crippen LogP) is 1.85. The summed E-state index contributed by atoms with van der Waals surface area (Å²) in [6.45, 7) is 2.35. The smallest absolute Gasteiger partial charge is 0.279 e. The Labute approximate surface area is 134 Å². The average molecular weight is 325 g/mol. The van der Waals surface area contributed by atoms with Crippen LogP contribution < -0.4 is 4.72 Å². The molecule has 1 saturated carbocycles. The van der Waals surface area contributed by atoms with Crippen LogP contribution in [0.1, 0.15) is 31.4 Å². The summed E-state index contributed by atoms with van der Waals surface area (Å²) in [5.41, 5.74) is 1.10. The predicted molar refractivity (Wildman–Crippen MR) is 89.7 cm³/mol. The minimum Gasteiger partial charge on any atom is -0.301 e. The molecule has 6 heteroatoms. The molecule has 1 N–H and O–H groups in total. The lowest BCUT2D eigenvalue weighted by Crippen LogP contribution is -2.46. The first kappa shape index (κ1) is 17.4. The molecule has 0 saturated heterocycles. The molecule has 22 heavy (non-hydrogen) atoms. The zero-order valence-corrected chi connectivity index (χ0v) is 14.7. The maximum atomic E-state index is 12.5. The van der Waals surface area contributed by atoms with Crippen molar-refractivity contribution in [3.63, 3.8) is 0 Å². The molecule has 0 radical (unpaired) electrons. The molecule has 0 aliphatic heterocycles. The first-order chi connectivity index (χ1) is 10.3. The second-order valence-electron chi connectivity index (χ2n) is 6.34. The van der Waals surface area contributed by atoms with Crippen LogP contribution in [-0.2, 0) is 10.2 Å². The Morgan fingerprint density at radius 1 is 1.18 bits per heavy atom. The molecule has 124 valence electrons. The monoisotopic (exact) mass is 325 g/mol. The van der Waals surface area contributed by atoms with E-state index in [0.717, 1.165) is 18.4 Å². The summed E-state index contributed by atoms with van der Waals surface area (Å²) in [7, 11) is 2.14. The Hall–Kier alpha value is -0.950. The third-order valence-corrected chi connectivity index (χ3v) is 6.15. The molecule has 1 fully saturated rings. The van der Waals surface area contributed by atoms with Crippen molar-refractivity contribution in [1.82, 2.24) is 13.9 Å². The van der Waals surface area contributed by atoms with Gasteiger partial charge in [-0.15, -0.1) is 0 Å². The number of nitrogens with one attached hydrogen (secondary N) is 1. The molecule has 5 nitrogen and oxygen atoms in total. The Bertz CT molecular complexity index is 570. The van der Waals surface area contributed by atoms with E-state index in [1.54, 1.807) is 7.05 Å². The average Bonchev–Trinajstić information content (AvgIpc) is 3.31. The van der Waals surface area contributed by atoms with Crippen molar-refractivity contribution < 1.29 is 8.42 Å². The van der Waals surface area contributed by atoms with Crippen molar-refractivity contribution in [2.75, 3.05) is 27.7 Å². The largest absolute Gasteiger partial charge is 0.301 e. The molecular formula is C16H27N3O2S. The lowest BCUT2D eigenvalue weighted by Gasteiger charge is -2.28. The number of benzene rings is 1. The number of rotatable bonds is 8. The van der Waals surface area contributed by atoms with Crippen LogP contribution in [0, 0.1) is 5.92 Å². The molecule has 1 aliphatic rings. The molecule has 0 spiro atoms. The van der Waals surface area contributed by atoms with E-state index in [-0.39, 0.29) is 12.1 Å².